The van der Waals surface area contributed by atoms with Gasteiger partial charge in [0.1, 0.15) is 6.04 Å². The number of anilines is 1. The van der Waals surface area contributed by atoms with Gasteiger partial charge >= 0.3 is 10.3 Å². The highest BCUT2D eigenvalue weighted by Crippen LogP contribution is 2.36. The van der Waals surface area contributed by atoms with Crippen molar-refractivity contribution in [2.45, 2.75) is 29.9 Å². The topological polar surface area (TPSA) is 128 Å². The summed E-state index contributed by atoms with van der Waals surface area (Å²) in [6.45, 7) is 0.453. The molecule has 2 aromatic rings. The van der Waals surface area contributed by atoms with Crippen molar-refractivity contribution in [2.75, 3.05) is 17.6 Å². The predicted molar refractivity (Wildman–Crippen MR) is 115 cm³/mol. The van der Waals surface area contributed by atoms with E-state index in [1.165, 1.54) is 16.7 Å². The summed E-state index contributed by atoms with van der Waals surface area (Å²) in [4.78, 5) is 38.9. The van der Waals surface area contributed by atoms with E-state index in [0.717, 1.165) is 4.90 Å². The molecule has 0 aliphatic carbocycles. The van der Waals surface area contributed by atoms with Crippen LogP contribution in [-0.4, -0.2) is 64.3 Å². The minimum Gasteiger partial charge on any atom is -0.328 e. The van der Waals surface area contributed by atoms with Gasteiger partial charge in [0.05, 0.1) is 11.8 Å². The molecule has 168 valence electrons. The molecule has 32 heavy (non-hydrogen) atoms. The number of hydrogen-bond donors (Lipinski definition) is 2. The Hall–Kier alpha value is -2.96. The first-order chi connectivity index (χ1) is 15.2. The third-order valence-electron chi connectivity index (χ3n) is 5.31. The maximum atomic E-state index is 12.6. The summed E-state index contributed by atoms with van der Waals surface area (Å²) in [5.74, 6) is -1.13. The first-order valence-corrected chi connectivity index (χ1v) is 12.2. The molecule has 1 aromatic heterocycles. The van der Waals surface area contributed by atoms with Crippen LogP contribution in [0.2, 0.25) is 0 Å². The van der Waals surface area contributed by atoms with E-state index in [2.05, 4.69) is 5.32 Å². The van der Waals surface area contributed by atoms with Crippen LogP contribution < -0.4 is 9.88 Å². The van der Waals surface area contributed by atoms with E-state index >= 15 is 0 Å². The van der Waals surface area contributed by atoms with Crippen molar-refractivity contribution < 1.29 is 31.9 Å². The number of rotatable bonds is 7. The number of benzene rings is 1. The Balaban J connectivity index is 1.27. The van der Waals surface area contributed by atoms with Crippen LogP contribution in [0.1, 0.15) is 6.42 Å². The average Bonchev–Trinajstić information content (AvgIpc) is 3.11. The lowest BCUT2D eigenvalue weighted by Gasteiger charge is -2.42. The molecule has 2 atom stereocenters. The molecule has 2 aliphatic rings. The van der Waals surface area contributed by atoms with Crippen LogP contribution in [0.15, 0.2) is 59.8 Å². The van der Waals surface area contributed by atoms with Crippen LogP contribution >= 0.6 is 11.8 Å². The van der Waals surface area contributed by atoms with Gasteiger partial charge in [-0.05, 0) is 30.7 Å². The van der Waals surface area contributed by atoms with E-state index < -0.39 is 28.3 Å². The molecule has 2 aliphatic heterocycles. The van der Waals surface area contributed by atoms with E-state index in [4.69, 9.17) is 4.55 Å². The van der Waals surface area contributed by atoms with Crippen LogP contribution in [0.5, 0.6) is 0 Å². The Bertz CT molecular complexity index is 1140. The highest BCUT2D eigenvalue weighted by molar-refractivity contribution is 8.00. The molecule has 0 saturated carbocycles. The summed E-state index contributed by atoms with van der Waals surface area (Å²) in [6, 6.07) is 11.1. The fraction of sp³-hybridized carbons (Fsp3) is 0.300. The second kappa shape index (κ2) is 8.88. The number of likely N-dealkylation sites (tertiary alicyclic amines) is 1. The second-order valence-corrected chi connectivity index (χ2v) is 9.75. The number of fused-ring (bicyclic) bond motifs is 1. The summed E-state index contributed by atoms with van der Waals surface area (Å²) in [5, 5.41) is 2.81. The lowest BCUT2D eigenvalue weighted by Crippen LogP contribution is -2.68. The maximum absolute atomic E-state index is 12.6. The number of carbonyl (C=O) groups is 3. The van der Waals surface area contributed by atoms with Gasteiger partial charge in [-0.1, -0.05) is 6.07 Å². The minimum absolute atomic E-state index is 0.0821. The summed E-state index contributed by atoms with van der Waals surface area (Å²) in [6.07, 6.45) is 3.91. The third-order valence-corrected chi connectivity index (χ3v) is 7.25. The lowest BCUT2D eigenvalue weighted by atomic mass is 10.0. The van der Waals surface area contributed by atoms with Gasteiger partial charge in [0.2, 0.25) is 12.5 Å². The SMILES string of the molecule is O=C(C[n+]1ccccc1)Nc1ccc(SCC(=O)N2CC[C@@H]3[C@H]2C(=O)N3S(=O)(=O)O)cc1. The highest BCUT2D eigenvalue weighted by atomic mass is 32.2. The van der Waals surface area contributed by atoms with E-state index in [1.54, 1.807) is 41.2 Å². The fourth-order valence-electron chi connectivity index (χ4n) is 3.86. The standard InChI is InChI=1S/C20H20N4O6S2/c25-17(12-22-9-2-1-3-10-22)21-14-4-6-15(7-5-14)31-13-18(26)23-11-8-16-19(23)20(27)24(16)32(28,29)30/h1-7,9-10,16,19H,8,11-13H2,(H-,21,25,28,29,30)/p+1/t16-,19+/m1/s1. The molecule has 3 amide bonds. The van der Waals surface area contributed by atoms with Crippen LogP contribution in [-0.2, 0) is 31.2 Å². The summed E-state index contributed by atoms with van der Waals surface area (Å²) in [7, 11) is -4.60. The zero-order chi connectivity index (χ0) is 22.9. The Morgan fingerprint density at radius 2 is 1.84 bits per heavy atom. The van der Waals surface area contributed by atoms with Gasteiger partial charge in [0.25, 0.3) is 11.8 Å². The normalized spacial score (nSPS) is 20.0. The van der Waals surface area contributed by atoms with Gasteiger partial charge in [0.15, 0.2) is 12.4 Å². The number of thioether (sulfide) groups is 1. The van der Waals surface area contributed by atoms with Crippen molar-refractivity contribution in [1.82, 2.24) is 9.21 Å². The van der Waals surface area contributed by atoms with E-state index in [-0.39, 0.29) is 30.7 Å². The Kier molecular flexibility index (Phi) is 6.17. The van der Waals surface area contributed by atoms with Crippen LogP contribution in [0.4, 0.5) is 5.69 Å². The van der Waals surface area contributed by atoms with Gasteiger partial charge in [-0.2, -0.15) is 13.0 Å². The molecule has 10 nitrogen and oxygen atoms in total. The largest absolute Gasteiger partial charge is 0.362 e. The lowest BCUT2D eigenvalue weighted by molar-refractivity contribution is -0.684. The van der Waals surface area contributed by atoms with Gasteiger partial charge in [-0.15, -0.1) is 11.8 Å². The molecule has 0 bridgehead atoms. The highest BCUT2D eigenvalue weighted by Gasteiger charge is 2.59. The van der Waals surface area contributed by atoms with Crippen LogP contribution in [0.25, 0.3) is 0 Å². The van der Waals surface area contributed by atoms with Crippen molar-refractivity contribution in [1.29, 1.82) is 0 Å². The van der Waals surface area contributed by atoms with E-state index in [0.29, 0.717) is 16.4 Å². The number of aromatic nitrogens is 1. The average molecular weight is 478 g/mol. The van der Waals surface area contributed by atoms with Crippen molar-refractivity contribution in [2.24, 2.45) is 0 Å². The second-order valence-electron chi connectivity index (χ2n) is 7.41. The molecule has 2 N–H and O–H groups in total. The van der Waals surface area contributed by atoms with Crippen LogP contribution in [0.3, 0.4) is 0 Å². The van der Waals surface area contributed by atoms with Gasteiger partial charge in [-0.25, -0.2) is 4.31 Å². The number of β-lactam (4-membered cyclic amide) rings is 1. The quantitative estimate of drug-likeness (QED) is 0.254. The molecule has 0 unspecified atom stereocenters. The minimum atomic E-state index is -4.60. The van der Waals surface area contributed by atoms with Crippen molar-refractivity contribution >= 4 is 45.5 Å². The summed E-state index contributed by atoms with van der Waals surface area (Å²) in [5.41, 5.74) is 0.634. The Labute approximate surface area is 189 Å². The molecule has 2 saturated heterocycles. The van der Waals surface area contributed by atoms with Gasteiger partial charge in [0, 0.05) is 29.3 Å². The summed E-state index contributed by atoms with van der Waals surface area (Å²) >= 11 is 1.28. The predicted octanol–water partition coefficient (Wildman–Crippen LogP) is 0.319. The van der Waals surface area contributed by atoms with Crippen molar-refractivity contribution in [3.8, 4) is 0 Å². The van der Waals surface area contributed by atoms with Crippen molar-refractivity contribution in [3.05, 3.63) is 54.9 Å². The first-order valence-electron chi connectivity index (χ1n) is 9.81. The van der Waals surface area contributed by atoms with Gasteiger partial charge < -0.3 is 10.2 Å². The third kappa shape index (κ3) is 4.61. The summed E-state index contributed by atoms with van der Waals surface area (Å²) < 4.78 is 33.9. The first kappa shape index (κ1) is 22.2. The number of amides is 3. The maximum Gasteiger partial charge on any atom is 0.362 e. The number of hydrogen-bond acceptors (Lipinski definition) is 6. The monoisotopic (exact) mass is 477 g/mol. The molecular weight excluding hydrogens is 456 g/mol. The zero-order valence-corrected chi connectivity index (χ0v) is 18.5. The molecule has 0 spiro atoms. The van der Waals surface area contributed by atoms with E-state index in [9.17, 15) is 22.8 Å². The van der Waals surface area contributed by atoms with E-state index in [1.807, 2.05) is 18.2 Å². The molecule has 0 radical (unpaired) electrons. The number of nitrogens with one attached hydrogen (secondary N) is 1. The molecular formula is C20H21N4O6S2+. The van der Waals surface area contributed by atoms with Crippen molar-refractivity contribution in [3.63, 3.8) is 0 Å². The molecule has 4 rings (SSSR count). The molecule has 2 fully saturated rings. The molecule has 3 heterocycles. The number of nitrogens with zero attached hydrogens (tertiary/aromatic N) is 3. The number of pyridine rings is 1. The Morgan fingerprint density at radius 3 is 2.50 bits per heavy atom. The molecule has 1 aromatic carbocycles. The number of carbonyl (C=O) groups excluding carboxylic acids is 3. The van der Waals surface area contributed by atoms with Gasteiger partial charge in [-0.3, -0.25) is 18.9 Å². The zero-order valence-electron chi connectivity index (χ0n) is 16.8. The van der Waals surface area contributed by atoms with Crippen LogP contribution in [0, 0.1) is 0 Å². The Morgan fingerprint density at radius 1 is 1.16 bits per heavy atom. The molecule has 12 heteroatoms. The smallest absolute Gasteiger partial charge is 0.328 e. The fourth-order valence-corrected chi connectivity index (χ4v) is 5.55.